The summed E-state index contributed by atoms with van der Waals surface area (Å²) in [6.07, 6.45) is -4.30. The highest BCUT2D eigenvalue weighted by Crippen LogP contribution is 2.34. The lowest BCUT2D eigenvalue weighted by molar-refractivity contribution is -0.138. The minimum absolute atomic E-state index is 0.244. The number of hydrogen-bond acceptors (Lipinski definition) is 3. The summed E-state index contributed by atoms with van der Waals surface area (Å²) in [6, 6.07) is 4.60. The van der Waals surface area contributed by atoms with Crippen LogP contribution in [0.15, 0.2) is 23.1 Å². The number of nitrogens with one attached hydrogen (secondary N) is 1. The minimum Gasteiger partial charge on any atom is -0.313 e. The predicted octanol–water partition coefficient (Wildman–Crippen LogP) is 3.47. The van der Waals surface area contributed by atoms with E-state index in [9.17, 15) is 13.2 Å². The third-order valence-electron chi connectivity index (χ3n) is 2.76. The number of halogens is 3. The second-order valence-corrected chi connectivity index (χ2v) is 5.92. The standard InChI is InChI=1S/C14H21F3N2S/c1-4-18-10-11-5-6-12(20-8-7-19(2)3)9-13(11)14(15,16)17/h5-6,9,18H,4,7-8,10H2,1-3H3. The number of hydrogen-bond donors (Lipinski definition) is 1. The summed E-state index contributed by atoms with van der Waals surface area (Å²) in [5.74, 6) is 0.775. The Hall–Kier alpha value is -0.720. The van der Waals surface area contributed by atoms with Gasteiger partial charge in [0, 0.05) is 23.7 Å². The van der Waals surface area contributed by atoms with Crippen LogP contribution in [0.3, 0.4) is 0 Å². The summed E-state index contributed by atoms with van der Waals surface area (Å²) in [4.78, 5) is 2.68. The Balaban J connectivity index is 2.84. The quantitative estimate of drug-likeness (QED) is 0.777. The molecule has 1 N–H and O–H groups in total. The zero-order chi connectivity index (χ0) is 15.2. The zero-order valence-corrected chi connectivity index (χ0v) is 12.9. The molecule has 0 saturated carbocycles. The fraction of sp³-hybridized carbons (Fsp3) is 0.571. The smallest absolute Gasteiger partial charge is 0.313 e. The highest BCUT2D eigenvalue weighted by molar-refractivity contribution is 7.99. The van der Waals surface area contributed by atoms with Crippen LogP contribution < -0.4 is 5.32 Å². The van der Waals surface area contributed by atoms with E-state index >= 15 is 0 Å². The predicted molar refractivity (Wildman–Crippen MR) is 78.1 cm³/mol. The second-order valence-electron chi connectivity index (χ2n) is 4.75. The molecule has 0 saturated heterocycles. The maximum Gasteiger partial charge on any atom is 0.416 e. The molecular formula is C14H21F3N2S. The Morgan fingerprint density at radius 2 is 1.95 bits per heavy atom. The van der Waals surface area contributed by atoms with Gasteiger partial charge in [-0.05, 0) is 38.3 Å². The number of benzene rings is 1. The average molecular weight is 306 g/mol. The van der Waals surface area contributed by atoms with Crippen LogP contribution in [0.5, 0.6) is 0 Å². The van der Waals surface area contributed by atoms with Crippen LogP contribution in [0.25, 0.3) is 0 Å². The van der Waals surface area contributed by atoms with Gasteiger partial charge in [-0.25, -0.2) is 0 Å². The number of thioether (sulfide) groups is 1. The second kappa shape index (κ2) is 7.90. The van der Waals surface area contributed by atoms with Crippen molar-refractivity contribution in [1.82, 2.24) is 10.2 Å². The maximum atomic E-state index is 13.1. The molecule has 0 aliphatic heterocycles. The van der Waals surface area contributed by atoms with Gasteiger partial charge < -0.3 is 10.2 Å². The molecule has 1 aromatic carbocycles. The van der Waals surface area contributed by atoms with E-state index in [0.717, 1.165) is 12.3 Å². The van der Waals surface area contributed by atoms with E-state index in [4.69, 9.17) is 0 Å². The molecule has 0 spiro atoms. The molecular weight excluding hydrogens is 285 g/mol. The molecule has 0 atom stereocenters. The molecule has 0 aliphatic carbocycles. The van der Waals surface area contributed by atoms with Crippen molar-refractivity contribution in [2.24, 2.45) is 0 Å². The van der Waals surface area contributed by atoms with Crippen LogP contribution in [0.4, 0.5) is 13.2 Å². The number of rotatable bonds is 7. The summed E-state index contributed by atoms with van der Waals surface area (Å²) >= 11 is 1.45. The Morgan fingerprint density at radius 3 is 2.50 bits per heavy atom. The molecule has 0 aromatic heterocycles. The van der Waals surface area contributed by atoms with Crippen molar-refractivity contribution in [2.75, 3.05) is 32.9 Å². The first-order chi connectivity index (χ1) is 9.34. The van der Waals surface area contributed by atoms with Gasteiger partial charge in [-0.2, -0.15) is 13.2 Å². The molecule has 0 radical (unpaired) electrons. The fourth-order valence-corrected chi connectivity index (χ4v) is 2.73. The Kier molecular flexibility index (Phi) is 6.85. The summed E-state index contributed by atoms with van der Waals surface area (Å²) in [7, 11) is 3.89. The lowest BCUT2D eigenvalue weighted by atomic mass is 10.1. The fourth-order valence-electron chi connectivity index (χ4n) is 1.67. The van der Waals surface area contributed by atoms with Crippen LogP contribution >= 0.6 is 11.8 Å². The van der Waals surface area contributed by atoms with Crippen molar-refractivity contribution in [3.63, 3.8) is 0 Å². The molecule has 0 aliphatic rings. The summed E-state index contributed by atoms with van der Waals surface area (Å²) < 4.78 is 39.2. The first-order valence-electron chi connectivity index (χ1n) is 6.53. The topological polar surface area (TPSA) is 15.3 Å². The summed E-state index contributed by atoms with van der Waals surface area (Å²) in [6.45, 7) is 3.61. The van der Waals surface area contributed by atoms with Crippen LogP contribution in [0.2, 0.25) is 0 Å². The zero-order valence-electron chi connectivity index (χ0n) is 12.0. The molecule has 0 heterocycles. The van der Waals surface area contributed by atoms with Gasteiger partial charge in [0.25, 0.3) is 0 Å². The van der Waals surface area contributed by atoms with Gasteiger partial charge in [-0.1, -0.05) is 13.0 Å². The third-order valence-corrected chi connectivity index (χ3v) is 3.73. The van der Waals surface area contributed by atoms with Crippen LogP contribution in [0, 0.1) is 0 Å². The number of alkyl halides is 3. The molecule has 0 bridgehead atoms. The van der Waals surface area contributed by atoms with Crippen LogP contribution in [-0.2, 0) is 12.7 Å². The van der Waals surface area contributed by atoms with Crippen LogP contribution in [-0.4, -0.2) is 37.8 Å². The van der Waals surface area contributed by atoms with Crippen molar-refractivity contribution >= 4 is 11.8 Å². The van der Waals surface area contributed by atoms with E-state index in [1.54, 1.807) is 12.1 Å². The monoisotopic (exact) mass is 306 g/mol. The Labute approximate surface area is 122 Å². The van der Waals surface area contributed by atoms with Crippen LogP contribution in [0.1, 0.15) is 18.1 Å². The third kappa shape index (κ3) is 5.73. The first kappa shape index (κ1) is 17.3. The Bertz CT molecular complexity index is 419. The molecule has 114 valence electrons. The van der Waals surface area contributed by atoms with Gasteiger partial charge in [0.2, 0.25) is 0 Å². The maximum absolute atomic E-state index is 13.1. The molecule has 0 unspecified atom stereocenters. The number of nitrogens with zero attached hydrogens (tertiary/aromatic N) is 1. The summed E-state index contributed by atoms with van der Waals surface area (Å²) in [5, 5.41) is 2.94. The largest absolute Gasteiger partial charge is 0.416 e. The van der Waals surface area contributed by atoms with E-state index in [1.807, 2.05) is 25.9 Å². The summed E-state index contributed by atoms with van der Waals surface area (Å²) in [5.41, 5.74) is -0.232. The van der Waals surface area contributed by atoms with Gasteiger partial charge >= 0.3 is 6.18 Å². The van der Waals surface area contributed by atoms with E-state index < -0.39 is 11.7 Å². The molecule has 0 fully saturated rings. The lowest BCUT2D eigenvalue weighted by Gasteiger charge is -2.15. The van der Waals surface area contributed by atoms with Crippen molar-refractivity contribution < 1.29 is 13.2 Å². The lowest BCUT2D eigenvalue weighted by Crippen LogP contribution is -2.17. The molecule has 2 nitrogen and oxygen atoms in total. The van der Waals surface area contributed by atoms with E-state index in [2.05, 4.69) is 5.32 Å². The molecule has 1 rings (SSSR count). The van der Waals surface area contributed by atoms with Gasteiger partial charge in [0.05, 0.1) is 5.56 Å². The van der Waals surface area contributed by atoms with Crippen molar-refractivity contribution in [3.8, 4) is 0 Å². The minimum atomic E-state index is -4.30. The first-order valence-corrected chi connectivity index (χ1v) is 7.51. The normalized spacial score (nSPS) is 12.2. The molecule has 6 heteroatoms. The van der Waals surface area contributed by atoms with Gasteiger partial charge in [0.1, 0.15) is 0 Å². The van der Waals surface area contributed by atoms with Gasteiger partial charge in [-0.3, -0.25) is 0 Å². The van der Waals surface area contributed by atoms with E-state index in [-0.39, 0.29) is 6.54 Å². The van der Waals surface area contributed by atoms with Gasteiger partial charge in [-0.15, -0.1) is 11.8 Å². The van der Waals surface area contributed by atoms with Crippen molar-refractivity contribution in [2.45, 2.75) is 24.5 Å². The van der Waals surface area contributed by atoms with Gasteiger partial charge in [0.15, 0.2) is 0 Å². The Morgan fingerprint density at radius 1 is 1.25 bits per heavy atom. The molecule has 20 heavy (non-hydrogen) atoms. The van der Waals surface area contributed by atoms with Crippen molar-refractivity contribution in [1.29, 1.82) is 0 Å². The molecule has 0 amide bonds. The average Bonchev–Trinajstić information content (AvgIpc) is 2.35. The highest BCUT2D eigenvalue weighted by Gasteiger charge is 2.33. The van der Waals surface area contributed by atoms with Crippen molar-refractivity contribution in [3.05, 3.63) is 29.3 Å². The SMILES string of the molecule is CCNCc1ccc(SCCN(C)C)cc1C(F)(F)F. The molecule has 1 aromatic rings. The van der Waals surface area contributed by atoms with E-state index in [0.29, 0.717) is 17.0 Å². The highest BCUT2D eigenvalue weighted by atomic mass is 32.2. The van der Waals surface area contributed by atoms with E-state index in [1.165, 1.54) is 17.8 Å².